The molecular weight excluding hydrogens is 588 g/mol. The fourth-order valence-corrected chi connectivity index (χ4v) is 5.36. The number of phenols is 2. The van der Waals surface area contributed by atoms with Gasteiger partial charge in [-0.1, -0.05) is 6.42 Å². The van der Waals surface area contributed by atoms with Crippen molar-refractivity contribution < 1.29 is 51.7 Å². The second-order valence-electron chi connectivity index (χ2n) is 10.9. The lowest BCUT2D eigenvalue weighted by Gasteiger charge is -2.29. The fraction of sp³-hybridized carbons (Fsp3) is 0.355. The molecule has 234 valence electrons. The van der Waals surface area contributed by atoms with E-state index in [9.17, 15) is 47.0 Å². The highest BCUT2D eigenvalue weighted by Crippen LogP contribution is 2.57. The maximum absolute atomic E-state index is 13.8. The van der Waals surface area contributed by atoms with Gasteiger partial charge in [0.1, 0.15) is 39.8 Å². The Morgan fingerprint density at radius 2 is 1.73 bits per heavy atom. The zero-order valence-corrected chi connectivity index (χ0v) is 24.3. The van der Waals surface area contributed by atoms with E-state index in [0.717, 1.165) is 12.1 Å². The molecule has 0 saturated carbocycles. The molecule has 0 spiro atoms. The highest BCUT2D eigenvalue weighted by atomic mass is 19.4. The molecule has 4 N–H and O–H groups in total. The number of phenolic OH excluding ortho intramolecular Hbond substituents is 2. The van der Waals surface area contributed by atoms with E-state index in [-0.39, 0.29) is 51.6 Å². The molecule has 2 aromatic rings. The van der Waals surface area contributed by atoms with Gasteiger partial charge in [-0.25, -0.2) is 4.39 Å². The fourth-order valence-electron chi connectivity index (χ4n) is 5.36. The van der Waals surface area contributed by atoms with E-state index in [1.54, 1.807) is 0 Å². The minimum Gasteiger partial charge on any atom is -0.507 e. The number of aromatic hydroxyl groups is 2. The Balaban J connectivity index is 1.39. The van der Waals surface area contributed by atoms with E-state index in [1.807, 2.05) is 0 Å². The number of amides is 1. The van der Waals surface area contributed by atoms with Gasteiger partial charge < -0.3 is 25.6 Å². The Kier molecular flexibility index (Phi) is 8.63. The SMILES string of the molecule is CC(=O)c1c(O)c(C)c(O)c2c1OC1=CC(=O)/C(=C(/C)NCCCCCC(=O)Nc3ccc(F)c(C(F)(F)F)c3)C(=O)C12C. The Morgan fingerprint density at radius 1 is 1.05 bits per heavy atom. The number of anilines is 1. The summed E-state index contributed by atoms with van der Waals surface area (Å²) in [5.74, 6) is -4.99. The molecule has 1 atom stereocenters. The smallest absolute Gasteiger partial charge is 0.419 e. The van der Waals surface area contributed by atoms with Gasteiger partial charge in [0.2, 0.25) is 5.91 Å². The van der Waals surface area contributed by atoms with Crippen LogP contribution in [0.2, 0.25) is 0 Å². The van der Waals surface area contributed by atoms with Crippen molar-refractivity contribution in [2.45, 2.75) is 65.0 Å². The number of hydrogen-bond acceptors (Lipinski definition) is 8. The molecule has 0 saturated heterocycles. The van der Waals surface area contributed by atoms with Gasteiger partial charge in [0.15, 0.2) is 17.3 Å². The highest BCUT2D eigenvalue weighted by molar-refractivity contribution is 6.31. The summed E-state index contributed by atoms with van der Waals surface area (Å²) in [6, 6.07) is 2.21. The van der Waals surface area contributed by atoms with Gasteiger partial charge >= 0.3 is 6.18 Å². The molecule has 1 aliphatic carbocycles. The van der Waals surface area contributed by atoms with Crippen molar-refractivity contribution in [3.8, 4) is 17.2 Å². The molecule has 2 aliphatic rings. The topological polar surface area (TPSA) is 142 Å². The maximum Gasteiger partial charge on any atom is 0.419 e. The summed E-state index contributed by atoms with van der Waals surface area (Å²) in [5, 5.41) is 26.7. The molecule has 1 amide bonds. The highest BCUT2D eigenvalue weighted by Gasteiger charge is 2.56. The number of halogens is 4. The summed E-state index contributed by atoms with van der Waals surface area (Å²) in [6.07, 6.45) is -2.35. The van der Waals surface area contributed by atoms with Crippen LogP contribution in [0.15, 0.2) is 41.3 Å². The molecule has 13 heteroatoms. The number of carbonyl (C=O) groups is 4. The summed E-state index contributed by atoms with van der Waals surface area (Å²) >= 11 is 0. The van der Waals surface area contributed by atoms with Crippen molar-refractivity contribution in [2.24, 2.45) is 0 Å². The third-order valence-electron chi connectivity index (χ3n) is 7.79. The van der Waals surface area contributed by atoms with Gasteiger partial charge in [-0.2, -0.15) is 13.2 Å². The Bertz CT molecular complexity index is 1660. The number of ether oxygens (including phenoxy) is 1. The van der Waals surface area contributed by atoms with Gasteiger partial charge in [0.05, 0.1) is 16.7 Å². The van der Waals surface area contributed by atoms with Crippen LogP contribution in [-0.4, -0.2) is 40.0 Å². The minimum absolute atomic E-state index is 0.00181. The first-order chi connectivity index (χ1) is 20.5. The van der Waals surface area contributed by atoms with E-state index in [0.29, 0.717) is 37.9 Å². The molecule has 0 bridgehead atoms. The third-order valence-corrected chi connectivity index (χ3v) is 7.79. The molecule has 1 heterocycles. The molecule has 4 rings (SSSR count). The van der Waals surface area contributed by atoms with E-state index >= 15 is 0 Å². The summed E-state index contributed by atoms with van der Waals surface area (Å²) < 4.78 is 57.8. The quantitative estimate of drug-likeness (QED) is 0.0947. The first-order valence-electron chi connectivity index (χ1n) is 13.7. The molecule has 0 radical (unpaired) electrons. The number of nitrogens with one attached hydrogen (secondary N) is 2. The summed E-state index contributed by atoms with van der Waals surface area (Å²) in [7, 11) is 0. The molecule has 44 heavy (non-hydrogen) atoms. The minimum atomic E-state index is -4.90. The number of fused-ring (bicyclic) bond motifs is 3. The third kappa shape index (κ3) is 5.65. The van der Waals surface area contributed by atoms with Gasteiger partial charge in [-0.15, -0.1) is 0 Å². The predicted octanol–water partition coefficient (Wildman–Crippen LogP) is 5.52. The van der Waals surface area contributed by atoms with Crippen LogP contribution in [0.25, 0.3) is 0 Å². The standard InChI is InChI=1S/C31H30F4N2O7/c1-14-26(41)24(16(3)38)28-25(27(14)42)30(4)21(44-28)13-20(39)23(29(30)43)15(2)36-11-7-5-6-8-22(40)37-17-9-10-19(32)18(12-17)31(33,34)35/h9-10,12-13,36,41-42H,5-8,11H2,1-4H3,(H,37,40)/b23-15+. The van der Waals surface area contributed by atoms with Crippen LogP contribution in [0.3, 0.4) is 0 Å². The number of Topliss-reactive ketones (excluding diaryl/α,β-unsaturated/α-hetero) is 2. The number of ketones is 3. The molecule has 2 aromatic carbocycles. The van der Waals surface area contributed by atoms with Crippen LogP contribution < -0.4 is 15.4 Å². The van der Waals surface area contributed by atoms with E-state index in [2.05, 4.69) is 10.6 Å². The van der Waals surface area contributed by atoms with Crippen molar-refractivity contribution in [1.29, 1.82) is 0 Å². The van der Waals surface area contributed by atoms with Crippen LogP contribution in [-0.2, 0) is 26.0 Å². The molecular formula is C31H30F4N2O7. The largest absolute Gasteiger partial charge is 0.507 e. The first kappa shape index (κ1) is 32.2. The second-order valence-corrected chi connectivity index (χ2v) is 10.9. The van der Waals surface area contributed by atoms with E-state index < -0.39 is 57.7 Å². The number of hydrogen-bond donors (Lipinski definition) is 4. The molecule has 9 nitrogen and oxygen atoms in total. The number of unbranched alkanes of at least 4 members (excludes halogenated alkanes) is 2. The summed E-state index contributed by atoms with van der Waals surface area (Å²) in [4.78, 5) is 51.3. The summed E-state index contributed by atoms with van der Waals surface area (Å²) in [6.45, 7) is 5.91. The summed E-state index contributed by atoms with van der Waals surface area (Å²) in [5.41, 5.74) is -3.41. The number of rotatable bonds is 9. The van der Waals surface area contributed by atoms with Crippen molar-refractivity contribution >= 4 is 28.9 Å². The van der Waals surface area contributed by atoms with Gasteiger partial charge in [0.25, 0.3) is 0 Å². The van der Waals surface area contributed by atoms with Crippen LogP contribution in [0.5, 0.6) is 17.2 Å². The van der Waals surface area contributed by atoms with Crippen LogP contribution in [0.1, 0.15) is 73.5 Å². The lowest BCUT2D eigenvalue weighted by atomic mass is 9.70. The van der Waals surface area contributed by atoms with Crippen molar-refractivity contribution in [3.63, 3.8) is 0 Å². The molecule has 1 unspecified atom stereocenters. The number of carbonyl (C=O) groups excluding carboxylic acids is 4. The normalized spacial score (nSPS) is 18.7. The maximum atomic E-state index is 13.8. The second kappa shape index (κ2) is 11.8. The first-order valence-corrected chi connectivity index (χ1v) is 13.7. The molecule has 1 aliphatic heterocycles. The molecule has 0 fully saturated rings. The number of benzene rings is 2. The zero-order chi connectivity index (χ0) is 32.7. The van der Waals surface area contributed by atoms with Crippen molar-refractivity contribution in [2.75, 3.05) is 11.9 Å². The Hall–Kier alpha value is -4.68. The Labute approximate surface area is 249 Å². The van der Waals surface area contributed by atoms with Gasteiger partial charge in [0, 0.05) is 36.0 Å². The van der Waals surface area contributed by atoms with Crippen molar-refractivity contribution in [1.82, 2.24) is 5.32 Å². The number of allylic oxidation sites excluding steroid dienone is 4. The number of alkyl halides is 3. The van der Waals surface area contributed by atoms with Crippen molar-refractivity contribution in [3.05, 3.63) is 69.4 Å². The predicted molar refractivity (Wildman–Crippen MR) is 150 cm³/mol. The Morgan fingerprint density at radius 3 is 2.36 bits per heavy atom. The lowest BCUT2D eigenvalue weighted by molar-refractivity contribution is -0.140. The monoisotopic (exact) mass is 618 g/mol. The van der Waals surface area contributed by atoms with E-state index in [4.69, 9.17) is 4.74 Å². The van der Waals surface area contributed by atoms with Crippen LogP contribution in [0, 0.1) is 12.7 Å². The van der Waals surface area contributed by atoms with Crippen LogP contribution >= 0.6 is 0 Å². The average Bonchev–Trinajstić information content (AvgIpc) is 3.22. The lowest BCUT2D eigenvalue weighted by Crippen LogP contribution is -2.41. The van der Waals surface area contributed by atoms with E-state index in [1.165, 1.54) is 27.7 Å². The average molecular weight is 619 g/mol. The molecule has 0 aromatic heterocycles. The zero-order valence-electron chi connectivity index (χ0n) is 24.3. The van der Waals surface area contributed by atoms with Gasteiger partial charge in [-0.3, -0.25) is 19.2 Å². The van der Waals surface area contributed by atoms with Crippen LogP contribution in [0.4, 0.5) is 23.2 Å². The van der Waals surface area contributed by atoms with Gasteiger partial charge in [-0.05, 0) is 58.7 Å².